The van der Waals surface area contributed by atoms with Crippen LogP contribution in [0.5, 0.6) is 0 Å². The second-order valence-corrected chi connectivity index (χ2v) is 8.29. The number of esters is 1. The molecule has 1 heterocycles. The maximum absolute atomic E-state index is 12.3. The number of nitriles is 1. The number of methoxy groups -OCH3 is 1. The molecule has 148 valence electrons. The summed E-state index contributed by atoms with van der Waals surface area (Å²) in [5.41, 5.74) is 1.04. The second kappa shape index (κ2) is 8.81. The van der Waals surface area contributed by atoms with Gasteiger partial charge in [0.25, 0.3) is 5.56 Å². The molecule has 10 heteroatoms. The average molecular weight is 397 g/mol. The number of aromatic nitrogens is 1. The lowest BCUT2D eigenvalue weighted by molar-refractivity contribution is -0.144. The molecule has 2 unspecified atom stereocenters. The zero-order valence-electron chi connectivity index (χ0n) is 15.9. The number of pyridine rings is 1. The minimum absolute atomic E-state index is 0.0378. The summed E-state index contributed by atoms with van der Waals surface area (Å²) < 4.78 is 31.0. The molecule has 0 fully saturated rings. The lowest BCUT2D eigenvalue weighted by atomic mass is 9.99. The van der Waals surface area contributed by atoms with Crippen molar-refractivity contribution >= 4 is 21.9 Å². The van der Waals surface area contributed by atoms with Gasteiger partial charge in [0.15, 0.2) is 0 Å². The smallest absolute Gasteiger partial charge is 0.309 e. The van der Waals surface area contributed by atoms with Gasteiger partial charge in [-0.05, 0) is 38.3 Å². The number of amides is 1. The molecule has 1 aromatic rings. The standard InChI is InChI=1S/C17H23N3O6S/c1-9(17(23)26-5)12(4)27(24,25)20-15(21)7-6-13-10(2)14(8-18)16(22)19-11(13)3/h9,12H,6-7H2,1-5H3,(H,19,22)(H,20,21). The third kappa shape index (κ3) is 5.17. The molecule has 0 aliphatic rings. The molecule has 2 atom stereocenters. The first-order chi connectivity index (χ1) is 12.5. The van der Waals surface area contributed by atoms with Crippen LogP contribution in [0.15, 0.2) is 4.79 Å². The Balaban J connectivity index is 2.89. The first-order valence-corrected chi connectivity index (χ1v) is 9.75. The molecule has 1 rings (SSSR count). The summed E-state index contributed by atoms with van der Waals surface area (Å²) >= 11 is 0. The van der Waals surface area contributed by atoms with Crippen LogP contribution in [0.1, 0.15) is 42.7 Å². The zero-order valence-corrected chi connectivity index (χ0v) is 16.7. The number of nitrogens with one attached hydrogen (secondary N) is 2. The van der Waals surface area contributed by atoms with E-state index >= 15 is 0 Å². The Morgan fingerprint density at radius 1 is 1.30 bits per heavy atom. The van der Waals surface area contributed by atoms with Gasteiger partial charge in [-0.2, -0.15) is 5.26 Å². The quantitative estimate of drug-likeness (QED) is 0.635. The first-order valence-electron chi connectivity index (χ1n) is 8.21. The van der Waals surface area contributed by atoms with E-state index in [0.717, 1.165) is 7.11 Å². The summed E-state index contributed by atoms with van der Waals surface area (Å²) in [5.74, 6) is -2.38. The number of H-pyrrole nitrogens is 1. The number of aryl methyl sites for hydroxylation is 1. The van der Waals surface area contributed by atoms with Gasteiger partial charge in [-0.3, -0.25) is 19.1 Å². The van der Waals surface area contributed by atoms with Crippen molar-refractivity contribution in [3.8, 4) is 6.07 Å². The molecule has 0 bridgehead atoms. The van der Waals surface area contributed by atoms with Gasteiger partial charge in [0.1, 0.15) is 11.6 Å². The van der Waals surface area contributed by atoms with Crippen LogP contribution in [-0.2, 0) is 30.8 Å². The summed E-state index contributed by atoms with van der Waals surface area (Å²) in [6.45, 7) is 5.95. The van der Waals surface area contributed by atoms with Crippen molar-refractivity contribution in [2.45, 2.75) is 45.8 Å². The van der Waals surface area contributed by atoms with Crippen molar-refractivity contribution in [1.29, 1.82) is 5.26 Å². The summed E-state index contributed by atoms with van der Waals surface area (Å²) in [6.07, 6.45) is -0.0252. The van der Waals surface area contributed by atoms with Crippen LogP contribution in [0, 0.1) is 31.1 Å². The number of hydrogen-bond acceptors (Lipinski definition) is 7. The number of nitrogens with zero attached hydrogens (tertiary/aromatic N) is 1. The fourth-order valence-electron chi connectivity index (χ4n) is 2.61. The van der Waals surface area contributed by atoms with Crippen LogP contribution in [-0.4, -0.2) is 37.6 Å². The monoisotopic (exact) mass is 397 g/mol. The number of rotatable bonds is 7. The van der Waals surface area contributed by atoms with Crippen LogP contribution in [0.3, 0.4) is 0 Å². The van der Waals surface area contributed by atoms with Gasteiger partial charge in [0.2, 0.25) is 15.9 Å². The minimum Gasteiger partial charge on any atom is -0.469 e. The van der Waals surface area contributed by atoms with Crippen molar-refractivity contribution < 1.29 is 22.7 Å². The minimum atomic E-state index is -4.07. The number of carbonyl (C=O) groups is 2. The van der Waals surface area contributed by atoms with E-state index < -0.39 is 38.6 Å². The molecule has 0 aliphatic heterocycles. The summed E-state index contributed by atoms with van der Waals surface area (Å²) in [7, 11) is -2.91. The average Bonchev–Trinajstić information content (AvgIpc) is 2.59. The number of sulfonamides is 1. The van der Waals surface area contributed by atoms with Crippen LogP contribution < -0.4 is 10.3 Å². The predicted molar refractivity (Wildman–Crippen MR) is 97.3 cm³/mol. The molecule has 0 saturated carbocycles. The van der Waals surface area contributed by atoms with E-state index in [2.05, 4.69) is 9.72 Å². The molecule has 1 amide bonds. The fourth-order valence-corrected chi connectivity index (χ4v) is 3.86. The van der Waals surface area contributed by atoms with Crippen LogP contribution >= 0.6 is 0 Å². The molecule has 0 saturated heterocycles. The van der Waals surface area contributed by atoms with Gasteiger partial charge < -0.3 is 9.72 Å². The van der Waals surface area contributed by atoms with E-state index in [4.69, 9.17) is 5.26 Å². The molecule has 0 spiro atoms. The molecule has 1 aromatic heterocycles. The number of carbonyl (C=O) groups excluding carboxylic acids is 2. The molecule has 2 N–H and O–H groups in total. The highest BCUT2D eigenvalue weighted by atomic mass is 32.2. The Bertz CT molecular complexity index is 943. The Labute approximate surface area is 157 Å². The van der Waals surface area contributed by atoms with Crippen LogP contribution in [0.25, 0.3) is 0 Å². The number of aromatic amines is 1. The highest BCUT2D eigenvalue weighted by Crippen LogP contribution is 2.16. The lowest BCUT2D eigenvalue weighted by Gasteiger charge is -2.18. The zero-order chi connectivity index (χ0) is 20.9. The van der Waals surface area contributed by atoms with E-state index in [0.29, 0.717) is 16.8 Å². The molecule has 27 heavy (non-hydrogen) atoms. The van der Waals surface area contributed by atoms with Gasteiger partial charge in [0.05, 0.1) is 18.3 Å². The van der Waals surface area contributed by atoms with Crippen molar-refractivity contribution in [3.63, 3.8) is 0 Å². The first kappa shape index (κ1) is 22.4. The second-order valence-electron chi connectivity index (χ2n) is 6.26. The maximum atomic E-state index is 12.3. The predicted octanol–water partition coefficient (Wildman–Crippen LogP) is 0.440. The van der Waals surface area contributed by atoms with E-state index in [9.17, 15) is 22.8 Å². The van der Waals surface area contributed by atoms with Crippen molar-refractivity contribution in [3.05, 3.63) is 32.7 Å². The highest BCUT2D eigenvalue weighted by molar-refractivity contribution is 7.90. The Morgan fingerprint density at radius 2 is 1.89 bits per heavy atom. The van der Waals surface area contributed by atoms with Gasteiger partial charge in [0, 0.05) is 12.1 Å². The number of hydrogen-bond donors (Lipinski definition) is 2. The largest absolute Gasteiger partial charge is 0.469 e. The number of ether oxygens (including phenoxy) is 1. The Hall–Kier alpha value is -2.67. The fraction of sp³-hybridized carbons (Fsp3) is 0.529. The maximum Gasteiger partial charge on any atom is 0.309 e. The molecule has 0 aliphatic carbocycles. The summed E-state index contributed by atoms with van der Waals surface area (Å²) in [4.78, 5) is 37.9. The molecule has 0 aromatic carbocycles. The molecular formula is C17H23N3O6S. The van der Waals surface area contributed by atoms with Gasteiger partial charge in [-0.1, -0.05) is 6.92 Å². The van der Waals surface area contributed by atoms with E-state index in [1.165, 1.54) is 13.8 Å². The third-order valence-corrected chi connectivity index (χ3v) is 6.44. The topological polar surface area (TPSA) is 146 Å². The van der Waals surface area contributed by atoms with E-state index in [1.54, 1.807) is 13.8 Å². The Kier molecular flexibility index (Phi) is 7.30. The summed E-state index contributed by atoms with van der Waals surface area (Å²) in [5, 5.41) is 7.90. The third-order valence-electron chi connectivity index (χ3n) is 4.54. The van der Waals surface area contributed by atoms with Crippen molar-refractivity contribution in [1.82, 2.24) is 9.71 Å². The van der Waals surface area contributed by atoms with Crippen molar-refractivity contribution in [2.24, 2.45) is 5.92 Å². The normalized spacial score (nSPS) is 13.3. The summed E-state index contributed by atoms with van der Waals surface area (Å²) in [6, 6.07) is 1.82. The van der Waals surface area contributed by atoms with Gasteiger partial charge in [-0.25, -0.2) is 8.42 Å². The lowest BCUT2D eigenvalue weighted by Crippen LogP contribution is -2.42. The van der Waals surface area contributed by atoms with Crippen molar-refractivity contribution in [2.75, 3.05) is 7.11 Å². The van der Waals surface area contributed by atoms with Crippen LogP contribution in [0.2, 0.25) is 0 Å². The molecule has 9 nitrogen and oxygen atoms in total. The van der Waals surface area contributed by atoms with Gasteiger partial charge >= 0.3 is 5.97 Å². The Morgan fingerprint density at radius 3 is 2.41 bits per heavy atom. The van der Waals surface area contributed by atoms with E-state index in [1.807, 2.05) is 10.8 Å². The van der Waals surface area contributed by atoms with E-state index in [-0.39, 0.29) is 18.4 Å². The van der Waals surface area contributed by atoms with Gasteiger partial charge in [-0.15, -0.1) is 0 Å². The highest BCUT2D eigenvalue weighted by Gasteiger charge is 2.33. The SMILES string of the molecule is COC(=O)C(C)C(C)S(=O)(=O)NC(=O)CCc1c(C)[nH]c(=O)c(C#N)c1C. The molecular weight excluding hydrogens is 374 g/mol. The molecule has 0 radical (unpaired) electrons. The van der Waals surface area contributed by atoms with Crippen LogP contribution in [0.4, 0.5) is 0 Å².